The number of hydrogen-bond donors (Lipinski definition) is 1. The van der Waals surface area contributed by atoms with Crippen LogP contribution in [0.2, 0.25) is 0 Å². The molecular formula is C19H27NS. The first kappa shape index (κ1) is 14.1. The van der Waals surface area contributed by atoms with Crippen LogP contribution >= 0.6 is 11.8 Å². The molecule has 1 saturated carbocycles. The Kier molecular flexibility index (Phi) is 4.27. The summed E-state index contributed by atoms with van der Waals surface area (Å²) in [5.74, 6) is 5.48. The number of hydrogen-bond acceptors (Lipinski definition) is 2. The van der Waals surface area contributed by atoms with Crippen LogP contribution < -0.4 is 5.32 Å². The summed E-state index contributed by atoms with van der Waals surface area (Å²) in [6.07, 6.45) is 8.37. The van der Waals surface area contributed by atoms with Crippen molar-refractivity contribution in [1.29, 1.82) is 0 Å². The highest BCUT2D eigenvalue weighted by atomic mass is 32.2. The number of nitrogens with one attached hydrogen (secondary N) is 1. The maximum Gasteiger partial charge on any atom is 0.0130 e. The fraction of sp³-hybridized carbons (Fsp3) is 0.684. The van der Waals surface area contributed by atoms with E-state index >= 15 is 0 Å². The number of fused-ring (bicyclic) bond motifs is 3. The molecule has 2 unspecified atom stereocenters. The predicted molar refractivity (Wildman–Crippen MR) is 91.9 cm³/mol. The average molecular weight is 301 g/mol. The number of rotatable bonds is 3. The summed E-state index contributed by atoms with van der Waals surface area (Å²) in [6, 6.07) is 9.96. The molecule has 114 valence electrons. The Morgan fingerprint density at radius 1 is 0.905 bits per heavy atom. The van der Waals surface area contributed by atoms with Crippen molar-refractivity contribution in [2.24, 2.45) is 17.8 Å². The van der Waals surface area contributed by atoms with Crippen LogP contribution in [0.25, 0.3) is 0 Å². The van der Waals surface area contributed by atoms with E-state index in [0.717, 1.165) is 23.8 Å². The highest BCUT2D eigenvalue weighted by Gasteiger charge is 2.38. The second kappa shape index (κ2) is 6.34. The van der Waals surface area contributed by atoms with Gasteiger partial charge in [0.05, 0.1) is 0 Å². The molecule has 1 nitrogen and oxygen atoms in total. The zero-order valence-corrected chi connectivity index (χ0v) is 13.7. The van der Waals surface area contributed by atoms with Crippen molar-refractivity contribution in [2.75, 3.05) is 18.1 Å². The second-order valence-corrected chi connectivity index (χ2v) is 8.49. The van der Waals surface area contributed by atoms with E-state index in [9.17, 15) is 0 Å². The molecule has 0 radical (unpaired) electrons. The standard InChI is InChI=1S/C19H27NS/c1-2-4-16-12-18-6-5-17(11-15(16)3-1)19(18)20-13-14-7-9-21-10-8-14/h1-4,14,17-20H,5-13H2. The van der Waals surface area contributed by atoms with E-state index in [1.54, 1.807) is 11.1 Å². The van der Waals surface area contributed by atoms with Gasteiger partial charge in [-0.3, -0.25) is 0 Å². The zero-order valence-electron chi connectivity index (χ0n) is 12.9. The average Bonchev–Trinajstić information content (AvgIpc) is 2.80. The minimum Gasteiger partial charge on any atom is -0.313 e. The Morgan fingerprint density at radius 3 is 2.14 bits per heavy atom. The quantitative estimate of drug-likeness (QED) is 0.908. The van der Waals surface area contributed by atoms with Crippen molar-refractivity contribution in [1.82, 2.24) is 5.32 Å². The van der Waals surface area contributed by atoms with Crippen molar-refractivity contribution in [3.05, 3.63) is 35.4 Å². The molecule has 2 aliphatic carbocycles. The van der Waals surface area contributed by atoms with Crippen molar-refractivity contribution in [3.63, 3.8) is 0 Å². The van der Waals surface area contributed by atoms with Crippen LogP contribution in [0.3, 0.4) is 0 Å². The lowest BCUT2D eigenvalue weighted by Crippen LogP contribution is -2.41. The SMILES string of the molecule is c1ccc2c(c1)CC1CCC(C2)C1NCC1CCSCC1. The number of thioether (sulfide) groups is 1. The van der Waals surface area contributed by atoms with Gasteiger partial charge in [0, 0.05) is 6.04 Å². The van der Waals surface area contributed by atoms with Gasteiger partial charge >= 0.3 is 0 Å². The van der Waals surface area contributed by atoms with E-state index in [1.165, 1.54) is 56.6 Å². The topological polar surface area (TPSA) is 12.0 Å². The van der Waals surface area contributed by atoms with Crippen molar-refractivity contribution in [2.45, 2.75) is 44.6 Å². The molecule has 1 aliphatic heterocycles. The first-order valence-corrected chi connectivity index (χ1v) is 9.93. The molecule has 1 aromatic carbocycles. The molecule has 0 spiro atoms. The fourth-order valence-electron chi connectivity index (χ4n) is 4.74. The van der Waals surface area contributed by atoms with E-state index < -0.39 is 0 Å². The molecule has 21 heavy (non-hydrogen) atoms. The summed E-state index contributed by atoms with van der Waals surface area (Å²) in [7, 11) is 0. The Hall–Kier alpha value is -0.470. The van der Waals surface area contributed by atoms with Crippen LogP contribution in [0.1, 0.15) is 36.8 Å². The van der Waals surface area contributed by atoms with Gasteiger partial charge in [-0.25, -0.2) is 0 Å². The van der Waals surface area contributed by atoms with Crippen LogP contribution in [0.4, 0.5) is 0 Å². The van der Waals surface area contributed by atoms with E-state index in [2.05, 4.69) is 41.3 Å². The molecular weight excluding hydrogens is 274 g/mol. The first-order valence-electron chi connectivity index (χ1n) is 8.78. The van der Waals surface area contributed by atoms with Crippen LogP contribution in [-0.2, 0) is 12.8 Å². The maximum absolute atomic E-state index is 4.02. The van der Waals surface area contributed by atoms with Crippen molar-refractivity contribution < 1.29 is 0 Å². The summed E-state index contributed by atoms with van der Waals surface area (Å²) < 4.78 is 0. The van der Waals surface area contributed by atoms with Gasteiger partial charge in [-0.2, -0.15) is 11.8 Å². The monoisotopic (exact) mass is 301 g/mol. The minimum atomic E-state index is 0.784. The Morgan fingerprint density at radius 2 is 1.52 bits per heavy atom. The maximum atomic E-state index is 4.02. The third-order valence-electron chi connectivity index (χ3n) is 5.99. The lowest BCUT2D eigenvalue weighted by atomic mass is 9.94. The molecule has 1 N–H and O–H groups in total. The highest BCUT2D eigenvalue weighted by Crippen LogP contribution is 2.40. The lowest BCUT2D eigenvalue weighted by molar-refractivity contribution is 0.311. The van der Waals surface area contributed by atoms with Gasteiger partial charge in [-0.05, 0) is 85.5 Å². The molecule has 2 atom stereocenters. The van der Waals surface area contributed by atoms with Gasteiger partial charge in [0.15, 0.2) is 0 Å². The summed E-state index contributed by atoms with van der Waals surface area (Å²) >= 11 is 2.14. The fourth-order valence-corrected chi connectivity index (χ4v) is 5.94. The van der Waals surface area contributed by atoms with Gasteiger partial charge in [-0.15, -0.1) is 0 Å². The number of benzene rings is 1. The van der Waals surface area contributed by atoms with Gasteiger partial charge < -0.3 is 5.32 Å². The first-order chi connectivity index (χ1) is 10.4. The molecule has 2 fully saturated rings. The van der Waals surface area contributed by atoms with Gasteiger partial charge in [0.2, 0.25) is 0 Å². The molecule has 0 amide bonds. The second-order valence-electron chi connectivity index (χ2n) is 7.26. The van der Waals surface area contributed by atoms with Crippen molar-refractivity contribution >= 4 is 11.8 Å². The van der Waals surface area contributed by atoms with E-state index in [0.29, 0.717) is 0 Å². The Balaban J connectivity index is 1.42. The van der Waals surface area contributed by atoms with Gasteiger partial charge in [0.25, 0.3) is 0 Å². The molecule has 2 heteroatoms. The van der Waals surface area contributed by atoms with Crippen LogP contribution in [0.5, 0.6) is 0 Å². The van der Waals surface area contributed by atoms with Crippen LogP contribution in [0.15, 0.2) is 24.3 Å². The minimum absolute atomic E-state index is 0.784. The lowest BCUT2D eigenvalue weighted by Gasteiger charge is -2.28. The Bertz CT molecular complexity index is 447. The molecule has 1 saturated heterocycles. The van der Waals surface area contributed by atoms with Crippen LogP contribution in [-0.4, -0.2) is 24.1 Å². The molecule has 1 aromatic rings. The van der Waals surface area contributed by atoms with E-state index in [4.69, 9.17) is 0 Å². The van der Waals surface area contributed by atoms with Gasteiger partial charge in [0.1, 0.15) is 0 Å². The summed E-state index contributed by atoms with van der Waals surface area (Å²) in [5, 5.41) is 4.02. The highest BCUT2D eigenvalue weighted by molar-refractivity contribution is 7.99. The summed E-state index contributed by atoms with van der Waals surface area (Å²) in [5.41, 5.74) is 3.26. The largest absolute Gasteiger partial charge is 0.313 e. The van der Waals surface area contributed by atoms with Crippen LogP contribution in [0, 0.1) is 17.8 Å². The summed E-state index contributed by atoms with van der Waals surface area (Å²) in [6.45, 7) is 1.27. The van der Waals surface area contributed by atoms with Crippen molar-refractivity contribution in [3.8, 4) is 0 Å². The molecule has 2 bridgehead atoms. The van der Waals surface area contributed by atoms with E-state index in [-0.39, 0.29) is 0 Å². The smallest absolute Gasteiger partial charge is 0.0130 e. The Labute approximate surface area is 133 Å². The zero-order chi connectivity index (χ0) is 14.1. The predicted octanol–water partition coefficient (Wildman–Crippen LogP) is 3.91. The normalized spacial score (nSPS) is 32.7. The third-order valence-corrected chi connectivity index (χ3v) is 7.04. The molecule has 3 aliphatic rings. The molecule has 4 rings (SSSR count). The van der Waals surface area contributed by atoms with E-state index in [1.807, 2.05) is 0 Å². The van der Waals surface area contributed by atoms with Gasteiger partial charge in [-0.1, -0.05) is 24.3 Å². The third kappa shape index (κ3) is 3.03. The molecule has 0 aromatic heterocycles. The summed E-state index contributed by atoms with van der Waals surface area (Å²) in [4.78, 5) is 0. The molecule has 1 heterocycles.